The summed E-state index contributed by atoms with van der Waals surface area (Å²) in [6, 6.07) is 0. The van der Waals surface area contributed by atoms with Crippen LogP contribution in [-0.2, 0) is 27.7 Å². The summed E-state index contributed by atoms with van der Waals surface area (Å²) in [5, 5.41) is 81.2. The Bertz CT molecular complexity index is 690. The Morgan fingerprint density at radius 2 is 1.36 bits per heavy atom. The van der Waals surface area contributed by atoms with Crippen LogP contribution >= 0.6 is 15.6 Å². The lowest BCUT2D eigenvalue weighted by molar-refractivity contribution is -0.280. The minimum Gasteiger partial charge on any atom is -0.394 e. The van der Waals surface area contributed by atoms with E-state index in [1.54, 1.807) is 0 Å². The number of hydrogen-bond acceptors (Lipinski definition) is 15. The van der Waals surface area contributed by atoms with Crippen molar-refractivity contribution in [3.8, 4) is 0 Å². The van der Waals surface area contributed by atoms with Crippen molar-refractivity contribution in [2.24, 2.45) is 0 Å². The van der Waals surface area contributed by atoms with Crippen LogP contribution in [0.1, 0.15) is 0 Å². The van der Waals surface area contributed by atoms with Crippen molar-refractivity contribution in [3.63, 3.8) is 0 Å². The summed E-state index contributed by atoms with van der Waals surface area (Å²) in [4.78, 5) is 44.3. The van der Waals surface area contributed by atoms with Crippen molar-refractivity contribution >= 4 is 21.6 Å². The van der Waals surface area contributed by atoms with Gasteiger partial charge in [-0.3, -0.25) is 14.3 Å². The van der Waals surface area contributed by atoms with Crippen molar-refractivity contribution in [1.29, 1.82) is 0 Å². The first-order valence-corrected chi connectivity index (χ1v) is 11.6. The maximum atomic E-state index is 10.8. The zero-order valence-corrected chi connectivity index (χ0v) is 18.1. The van der Waals surface area contributed by atoms with Crippen molar-refractivity contribution in [2.45, 2.75) is 55.1 Å². The van der Waals surface area contributed by atoms with Gasteiger partial charge in [0.05, 0.1) is 13.2 Å². The molecule has 198 valence electrons. The van der Waals surface area contributed by atoms with E-state index in [9.17, 15) is 29.2 Å². The predicted octanol–water partition coefficient (Wildman–Crippen LogP) is -7.05. The van der Waals surface area contributed by atoms with Gasteiger partial charge in [-0.25, -0.2) is 13.9 Å². The molecule has 1 fully saturated rings. The van der Waals surface area contributed by atoms with Crippen LogP contribution in [0.2, 0.25) is 0 Å². The van der Waals surface area contributed by atoms with E-state index in [4.69, 9.17) is 50.2 Å². The van der Waals surface area contributed by atoms with Gasteiger partial charge in [-0.2, -0.15) is 0 Å². The van der Waals surface area contributed by atoms with Crippen LogP contribution in [-0.4, -0.2) is 140 Å². The molecule has 21 heteroatoms. The van der Waals surface area contributed by atoms with Crippen LogP contribution in [0.25, 0.3) is 0 Å². The maximum absolute atomic E-state index is 10.8. The van der Waals surface area contributed by atoms with Gasteiger partial charge in [0.1, 0.15) is 42.7 Å². The fraction of sp³-hybridized carbons (Fsp3) is 0.917. The van der Waals surface area contributed by atoms with Crippen molar-refractivity contribution < 1.29 is 93.2 Å². The van der Waals surface area contributed by atoms with E-state index in [1.807, 2.05) is 0 Å². The van der Waals surface area contributed by atoms with Gasteiger partial charge in [-0.1, -0.05) is 0 Å². The number of phosphoric acid groups is 2. The Kier molecular flexibility index (Phi) is 13.2. The molecule has 0 aromatic rings. The molecule has 1 rings (SSSR count). The number of ether oxygens (including phenoxy) is 1. The lowest BCUT2D eigenvalue weighted by Crippen LogP contribution is -2.58. The third-order valence-electron chi connectivity index (χ3n) is 3.79. The van der Waals surface area contributed by atoms with Gasteiger partial charge < -0.3 is 65.0 Å². The van der Waals surface area contributed by atoms with Crippen LogP contribution in [0, 0.1) is 0 Å². The van der Waals surface area contributed by atoms with Crippen LogP contribution in [0.15, 0.2) is 0 Å². The lowest BCUT2D eigenvalue weighted by Gasteiger charge is -2.39. The minimum absolute atomic E-state index is 0.702. The highest BCUT2D eigenvalue weighted by Gasteiger charge is 2.46. The predicted molar refractivity (Wildman–Crippen MR) is 96.1 cm³/mol. The summed E-state index contributed by atoms with van der Waals surface area (Å²) in [7, 11) is -10.1. The number of hydrogen-bond donors (Lipinski definition) is 13. The molecule has 0 aliphatic carbocycles. The lowest BCUT2D eigenvalue weighted by atomic mass is 10.00. The molecule has 1 heterocycles. The zero-order chi connectivity index (χ0) is 26.3. The van der Waals surface area contributed by atoms with Crippen LogP contribution in [0.5, 0.6) is 0 Å². The highest BCUT2D eigenvalue weighted by Crippen LogP contribution is 2.40. The molecule has 0 amide bonds. The third-order valence-corrected chi connectivity index (χ3v) is 4.69. The summed E-state index contributed by atoms with van der Waals surface area (Å²) in [5.41, 5.74) is 0. The smallest absolute Gasteiger partial charge is 0.394 e. The number of carbonyl (C=O) groups is 1. The summed E-state index contributed by atoms with van der Waals surface area (Å²) in [6.45, 7) is -1.66. The largest absolute Gasteiger partial charge is 0.527 e. The van der Waals surface area contributed by atoms with Gasteiger partial charge >= 0.3 is 21.6 Å². The second-order valence-corrected chi connectivity index (χ2v) is 8.73. The zero-order valence-electron chi connectivity index (χ0n) is 16.3. The van der Waals surface area contributed by atoms with E-state index < -0.39 is 90.0 Å². The number of aliphatic hydroxyl groups excluding tert-OH is 9. The average molecular weight is 536 g/mol. The fourth-order valence-corrected chi connectivity index (χ4v) is 2.91. The van der Waals surface area contributed by atoms with Crippen LogP contribution in [0.3, 0.4) is 0 Å². The summed E-state index contributed by atoms with van der Waals surface area (Å²) in [6.07, 6.45) is -17.0. The van der Waals surface area contributed by atoms with Crippen molar-refractivity contribution in [3.05, 3.63) is 0 Å². The molecule has 0 aromatic carbocycles. The molecule has 0 radical (unpaired) electrons. The van der Waals surface area contributed by atoms with Crippen molar-refractivity contribution in [2.75, 3.05) is 13.2 Å². The Labute approximate surface area is 184 Å². The molecular weight excluding hydrogens is 510 g/mol. The molecule has 13 N–H and O–H groups in total. The Hall–Kier alpha value is -0.670. The van der Waals surface area contributed by atoms with E-state index in [-0.39, 0.29) is 0 Å². The second-order valence-electron chi connectivity index (χ2n) is 6.37. The van der Waals surface area contributed by atoms with Crippen LogP contribution < -0.4 is 0 Å². The first-order valence-electron chi connectivity index (χ1n) is 8.52. The molecule has 33 heavy (non-hydrogen) atoms. The van der Waals surface area contributed by atoms with E-state index in [1.165, 1.54) is 0 Å². The third kappa shape index (κ3) is 11.1. The van der Waals surface area contributed by atoms with E-state index >= 15 is 0 Å². The normalized spacial score (nSPS) is 29.8. The summed E-state index contributed by atoms with van der Waals surface area (Å²) >= 11 is 0. The van der Waals surface area contributed by atoms with Gasteiger partial charge in [-0.05, 0) is 0 Å². The summed E-state index contributed by atoms with van der Waals surface area (Å²) in [5.74, 6) is -1.88. The summed E-state index contributed by atoms with van der Waals surface area (Å²) < 4.78 is 32.9. The van der Waals surface area contributed by atoms with Gasteiger partial charge in [0.25, 0.3) is 0 Å². The molecule has 0 unspecified atom stereocenters. The molecule has 1 aliphatic rings. The molecular formula is C12H26O19P2. The highest BCUT2D eigenvalue weighted by atomic mass is 31.2. The molecule has 19 nitrogen and oxygen atoms in total. The number of aliphatic hydroxyl groups is 9. The molecule has 1 saturated heterocycles. The first kappa shape index (κ1) is 32.3. The fourth-order valence-electron chi connectivity index (χ4n) is 2.12. The molecule has 0 spiro atoms. The van der Waals surface area contributed by atoms with Gasteiger partial charge in [0, 0.05) is 0 Å². The number of phosphoric ester groups is 2. The molecule has 0 saturated carbocycles. The molecule has 9 atom stereocenters. The monoisotopic (exact) mass is 536 g/mol. The SMILES string of the molecule is O=C(OP(=O)(O)O)[C@H](O)[C@@H](O)[C@H](O)[C@H](O)CO.O=P(O)(O)O[C@H]1O[C@H](CO)[C@H](O)[C@H](O)[C@H]1O. The molecule has 1 aliphatic heterocycles. The van der Waals surface area contributed by atoms with E-state index in [2.05, 4.69) is 13.8 Å². The number of rotatable bonds is 9. The topological polar surface area (TPSA) is 342 Å². The Morgan fingerprint density at radius 3 is 1.76 bits per heavy atom. The van der Waals surface area contributed by atoms with Crippen LogP contribution in [0.4, 0.5) is 0 Å². The van der Waals surface area contributed by atoms with Gasteiger partial charge in [0.15, 0.2) is 12.4 Å². The molecule has 0 aromatic heterocycles. The van der Waals surface area contributed by atoms with E-state index in [0.29, 0.717) is 0 Å². The average Bonchev–Trinajstić information content (AvgIpc) is 2.70. The Balaban J connectivity index is 0.000000621. The van der Waals surface area contributed by atoms with Crippen molar-refractivity contribution in [1.82, 2.24) is 0 Å². The first-order chi connectivity index (χ1) is 14.9. The quantitative estimate of drug-likeness (QED) is 0.122. The Morgan fingerprint density at radius 1 is 0.848 bits per heavy atom. The van der Waals surface area contributed by atoms with Gasteiger partial charge in [-0.15, -0.1) is 0 Å². The highest BCUT2D eigenvalue weighted by molar-refractivity contribution is 7.47. The minimum atomic E-state index is -5.19. The standard InChI is InChI=1S/C6H13O10P.C6H13O9P/c7-1-2(8)3(9)4(10)5(11)6(12)16-17(13,14)15;7-1-2-3(8)4(9)5(10)6(14-2)15-16(11,12)13/h2-5,7-11H,1H2,(H2,13,14,15);2-10H,1H2,(H2,11,12,13)/t2-,3-,4+,5-;2-,3+,4+,5-,6-/m11/s1. The second kappa shape index (κ2) is 13.4. The van der Waals surface area contributed by atoms with E-state index in [0.717, 1.165) is 0 Å². The van der Waals surface area contributed by atoms with Gasteiger partial charge in [0.2, 0.25) is 0 Å². The number of carbonyl (C=O) groups excluding carboxylic acids is 1. The maximum Gasteiger partial charge on any atom is 0.527 e. The molecule has 0 bridgehead atoms.